The summed E-state index contributed by atoms with van der Waals surface area (Å²) in [7, 11) is 0. The predicted molar refractivity (Wildman–Crippen MR) is 94.8 cm³/mol. The normalized spacial score (nSPS) is 12.6. The van der Waals surface area contributed by atoms with Gasteiger partial charge in [-0.2, -0.15) is 0 Å². The van der Waals surface area contributed by atoms with Crippen LogP contribution in [0.3, 0.4) is 0 Å². The van der Waals surface area contributed by atoms with Gasteiger partial charge in [0.25, 0.3) is 0 Å². The van der Waals surface area contributed by atoms with Gasteiger partial charge < -0.3 is 15.0 Å². The van der Waals surface area contributed by atoms with E-state index in [0.717, 1.165) is 34.7 Å². The van der Waals surface area contributed by atoms with Crippen LogP contribution >= 0.6 is 0 Å². The number of unbranched alkanes of at least 4 members (excludes halogenated alkanes) is 1. The van der Waals surface area contributed by atoms with Crippen molar-refractivity contribution in [3.05, 3.63) is 30.1 Å². The molecule has 1 atom stereocenters. The number of carbonyl (C=O) groups is 1. The predicted octanol–water partition coefficient (Wildman–Crippen LogP) is 3.38. The van der Waals surface area contributed by atoms with E-state index < -0.39 is 6.04 Å². The number of nitrogen functional groups attached to an aromatic ring is 1. The molecule has 0 radical (unpaired) electrons. The zero-order valence-electron chi connectivity index (χ0n) is 14.2. The second kappa shape index (κ2) is 6.47. The maximum Gasteiger partial charge on any atom is 0.328 e. The van der Waals surface area contributed by atoms with Crippen LogP contribution in [0.25, 0.3) is 21.9 Å². The SMILES string of the molecule is CCCCOC(=O)C(C)n1c2ccc(C)cc2c2c(N)ncnc21. The van der Waals surface area contributed by atoms with Crippen LogP contribution in [0.15, 0.2) is 24.5 Å². The van der Waals surface area contributed by atoms with E-state index in [1.807, 2.05) is 36.6 Å². The summed E-state index contributed by atoms with van der Waals surface area (Å²) >= 11 is 0. The molecule has 1 aromatic carbocycles. The highest BCUT2D eigenvalue weighted by atomic mass is 16.5. The van der Waals surface area contributed by atoms with Crippen molar-refractivity contribution >= 4 is 33.7 Å². The molecule has 0 fully saturated rings. The van der Waals surface area contributed by atoms with Gasteiger partial charge in [0, 0.05) is 5.39 Å². The smallest absolute Gasteiger partial charge is 0.328 e. The van der Waals surface area contributed by atoms with Crippen LogP contribution < -0.4 is 5.73 Å². The molecule has 24 heavy (non-hydrogen) atoms. The van der Waals surface area contributed by atoms with E-state index >= 15 is 0 Å². The number of benzene rings is 1. The number of fused-ring (bicyclic) bond motifs is 3. The third-order valence-corrected chi connectivity index (χ3v) is 4.24. The summed E-state index contributed by atoms with van der Waals surface area (Å²) < 4.78 is 7.27. The fourth-order valence-corrected chi connectivity index (χ4v) is 2.94. The number of aromatic nitrogens is 3. The van der Waals surface area contributed by atoms with Gasteiger partial charge >= 0.3 is 5.97 Å². The van der Waals surface area contributed by atoms with Gasteiger partial charge in [0.1, 0.15) is 23.8 Å². The van der Waals surface area contributed by atoms with Gasteiger partial charge in [-0.05, 0) is 32.4 Å². The van der Waals surface area contributed by atoms with Crippen LogP contribution in [-0.2, 0) is 9.53 Å². The Kier molecular flexibility index (Phi) is 4.38. The lowest BCUT2D eigenvalue weighted by molar-refractivity contribution is -0.147. The Morgan fingerprint density at radius 1 is 1.38 bits per heavy atom. The van der Waals surface area contributed by atoms with Crippen molar-refractivity contribution in [1.29, 1.82) is 0 Å². The number of anilines is 1. The third kappa shape index (κ3) is 2.68. The molecule has 2 N–H and O–H groups in total. The average Bonchev–Trinajstić information content (AvgIpc) is 2.89. The number of rotatable bonds is 5. The van der Waals surface area contributed by atoms with E-state index in [9.17, 15) is 4.79 Å². The largest absolute Gasteiger partial charge is 0.464 e. The quantitative estimate of drug-likeness (QED) is 0.574. The molecule has 0 spiro atoms. The first-order valence-electron chi connectivity index (χ1n) is 8.22. The molecule has 6 heteroatoms. The molecule has 0 saturated carbocycles. The number of hydrogen-bond acceptors (Lipinski definition) is 5. The zero-order chi connectivity index (χ0) is 17.3. The number of aryl methyl sites for hydroxylation is 1. The minimum Gasteiger partial charge on any atom is -0.464 e. The van der Waals surface area contributed by atoms with Gasteiger partial charge in [-0.15, -0.1) is 0 Å². The van der Waals surface area contributed by atoms with E-state index in [2.05, 4.69) is 16.9 Å². The third-order valence-electron chi connectivity index (χ3n) is 4.24. The molecule has 0 bridgehead atoms. The first kappa shape index (κ1) is 16.2. The summed E-state index contributed by atoms with van der Waals surface area (Å²) in [4.78, 5) is 20.9. The Labute approximate surface area is 140 Å². The van der Waals surface area contributed by atoms with Gasteiger partial charge in [-0.25, -0.2) is 14.8 Å². The Morgan fingerprint density at radius 3 is 2.92 bits per heavy atom. The molecule has 0 saturated heterocycles. The van der Waals surface area contributed by atoms with E-state index in [4.69, 9.17) is 10.5 Å². The molecular weight excluding hydrogens is 304 g/mol. The zero-order valence-corrected chi connectivity index (χ0v) is 14.2. The minimum atomic E-state index is -0.487. The summed E-state index contributed by atoms with van der Waals surface area (Å²) in [5.74, 6) is 0.154. The summed E-state index contributed by atoms with van der Waals surface area (Å²) in [6, 6.07) is 5.56. The van der Waals surface area contributed by atoms with Crippen LogP contribution in [0.4, 0.5) is 5.82 Å². The Bertz CT molecular complexity index is 901. The Hall–Kier alpha value is -2.63. The lowest BCUT2D eigenvalue weighted by Gasteiger charge is -2.15. The second-order valence-corrected chi connectivity index (χ2v) is 6.05. The topological polar surface area (TPSA) is 83.0 Å². The van der Waals surface area contributed by atoms with E-state index in [1.54, 1.807) is 0 Å². The first-order valence-corrected chi connectivity index (χ1v) is 8.22. The lowest BCUT2D eigenvalue weighted by Crippen LogP contribution is -2.20. The highest BCUT2D eigenvalue weighted by Gasteiger charge is 2.23. The highest BCUT2D eigenvalue weighted by Crippen LogP contribution is 2.34. The number of carbonyl (C=O) groups excluding carboxylic acids is 1. The fourth-order valence-electron chi connectivity index (χ4n) is 2.94. The second-order valence-electron chi connectivity index (χ2n) is 6.05. The van der Waals surface area contributed by atoms with Crippen molar-refractivity contribution < 1.29 is 9.53 Å². The van der Waals surface area contributed by atoms with Gasteiger partial charge in [-0.3, -0.25) is 0 Å². The van der Waals surface area contributed by atoms with Crippen LogP contribution in [0.5, 0.6) is 0 Å². The van der Waals surface area contributed by atoms with Gasteiger partial charge in [0.15, 0.2) is 0 Å². The van der Waals surface area contributed by atoms with Crippen molar-refractivity contribution in [2.45, 2.75) is 39.7 Å². The molecule has 2 aromatic heterocycles. The number of nitrogens with two attached hydrogens (primary N) is 1. The van der Waals surface area contributed by atoms with Crippen LogP contribution in [0.1, 0.15) is 38.3 Å². The summed E-state index contributed by atoms with van der Waals surface area (Å²) in [6.07, 6.45) is 3.27. The van der Waals surface area contributed by atoms with Crippen molar-refractivity contribution in [2.75, 3.05) is 12.3 Å². The molecule has 0 aliphatic carbocycles. The molecule has 3 rings (SSSR count). The monoisotopic (exact) mass is 326 g/mol. The maximum atomic E-state index is 12.4. The highest BCUT2D eigenvalue weighted by molar-refractivity contribution is 6.12. The Morgan fingerprint density at radius 2 is 2.17 bits per heavy atom. The first-order chi connectivity index (χ1) is 11.5. The maximum absolute atomic E-state index is 12.4. The van der Waals surface area contributed by atoms with Gasteiger partial charge in [0.05, 0.1) is 17.5 Å². The van der Waals surface area contributed by atoms with Crippen LogP contribution in [-0.4, -0.2) is 27.1 Å². The molecule has 3 aromatic rings. The molecule has 126 valence electrons. The van der Waals surface area contributed by atoms with Crippen molar-refractivity contribution in [2.24, 2.45) is 0 Å². The molecule has 0 amide bonds. The van der Waals surface area contributed by atoms with Crippen LogP contribution in [0.2, 0.25) is 0 Å². The van der Waals surface area contributed by atoms with Crippen molar-refractivity contribution in [1.82, 2.24) is 14.5 Å². The summed E-state index contributed by atoms with van der Waals surface area (Å²) in [5.41, 5.74) is 8.75. The molecule has 6 nitrogen and oxygen atoms in total. The Balaban J connectivity index is 2.15. The minimum absolute atomic E-state index is 0.264. The van der Waals surface area contributed by atoms with E-state index in [-0.39, 0.29) is 5.97 Å². The summed E-state index contributed by atoms with van der Waals surface area (Å²) in [6.45, 7) is 6.34. The van der Waals surface area contributed by atoms with Crippen molar-refractivity contribution in [3.63, 3.8) is 0 Å². The van der Waals surface area contributed by atoms with Gasteiger partial charge in [-0.1, -0.05) is 25.0 Å². The fraction of sp³-hybridized carbons (Fsp3) is 0.389. The van der Waals surface area contributed by atoms with Crippen LogP contribution in [0, 0.1) is 6.92 Å². The molecule has 2 heterocycles. The van der Waals surface area contributed by atoms with Crippen molar-refractivity contribution in [3.8, 4) is 0 Å². The molecule has 1 unspecified atom stereocenters. The number of ether oxygens (including phenoxy) is 1. The van der Waals surface area contributed by atoms with E-state index in [1.165, 1.54) is 6.33 Å². The standard InChI is InChI=1S/C18H22N4O2/c1-4-5-8-24-18(23)12(3)22-14-7-6-11(2)9-13(14)15-16(19)20-10-21-17(15)22/h6-7,9-10,12H,4-5,8H2,1-3H3,(H2,19,20,21). The lowest BCUT2D eigenvalue weighted by atomic mass is 10.1. The molecule has 0 aliphatic rings. The number of hydrogen-bond donors (Lipinski definition) is 1. The van der Waals surface area contributed by atoms with Gasteiger partial charge in [0.2, 0.25) is 0 Å². The molecule has 0 aliphatic heterocycles. The molecular formula is C18H22N4O2. The van der Waals surface area contributed by atoms with E-state index in [0.29, 0.717) is 18.1 Å². The number of esters is 1. The number of nitrogens with zero attached hydrogens (tertiary/aromatic N) is 3. The summed E-state index contributed by atoms with van der Waals surface area (Å²) in [5, 5.41) is 1.74. The average molecular weight is 326 g/mol.